The molecule has 0 saturated heterocycles. The third-order valence-corrected chi connectivity index (χ3v) is 4.79. The van der Waals surface area contributed by atoms with Gasteiger partial charge >= 0.3 is 10.1 Å². The highest BCUT2D eigenvalue weighted by Gasteiger charge is 2.18. The molecule has 0 aliphatic heterocycles. The van der Waals surface area contributed by atoms with E-state index in [2.05, 4.69) is 5.32 Å². The molecule has 0 heterocycles. The molecule has 2 aromatic carbocycles. The van der Waals surface area contributed by atoms with Crippen LogP contribution in [0, 0.1) is 6.92 Å². The van der Waals surface area contributed by atoms with Crippen molar-refractivity contribution >= 4 is 21.7 Å². The third-order valence-electron chi connectivity index (χ3n) is 3.54. The summed E-state index contributed by atoms with van der Waals surface area (Å²) in [5.41, 5.74) is 2.28. The van der Waals surface area contributed by atoms with E-state index in [1.54, 1.807) is 13.0 Å². The van der Waals surface area contributed by atoms with Gasteiger partial charge in [-0.2, -0.15) is 8.42 Å². The minimum atomic E-state index is -3.94. The topological polar surface area (TPSA) is 72.5 Å². The van der Waals surface area contributed by atoms with E-state index in [0.717, 1.165) is 11.1 Å². The van der Waals surface area contributed by atoms with Crippen LogP contribution >= 0.6 is 0 Å². The number of amides is 1. The van der Waals surface area contributed by atoms with E-state index in [1.807, 2.05) is 26.0 Å². The average molecular weight is 347 g/mol. The number of benzene rings is 2. The van der Waals surface area contributed by atoms with Gasteiger partial charge in [0.1, 0.15) is 10.6 Å². The quantitative estimate of drug-likeness (QED) is 0.834. The molecule has 0 saturated carbocycles. The zero-order chi connectivity index (χ0) is 17.9. The van der Waals surface area contributed by atoms with E-state index in [4.69, 9.17) is 4.18 Å². The van der Waals surface area contributed by atoms with E-state index in [-0.39, 0.29) is 16.7 Å². The third kappa shape index (κ3) is 4.35. The maximum absolute atomic E-state index is 12.5. The maximum atomic E-state index is 12.5. The second-order valence-electron chi connectivity index (χ2n) is 5.92. The van der Waals surface area contributed by atoms with Crippen molar-refractivity contribution in [1.82, 2.24) is 0 Å². The van der Waals surface area contributed by atoms with Crippen molar-refractivity contribution in [1.29, 1.82) is 0 Å². The highest BCUT2D eigenvalue weighted by atomic mass is 32.2. The molecular formula is C18H21NO4S. The Morgan fingerprint density at radius 3 is 2.25 bits per heavy atom. The summed E-state index contributed by atoms with van der Waals surface area (Å²) in [6.07, 6.45) is 0. The SMILES string of the molecule is CC(=O)Nc1ccc(S(=O)(=O)Oc2cc(C(C)C)ccc2C)cc1. The smallest absolute Gasteiger partial charge is 0.339 e. The van der Waals surface area contributed by atoms with E-state index in [9.17, 15) is 13.2 Å². The van der Waals surface area contributed by atoms with Crippen LogP contribution in [0.4, 0.5) is 5.69 Å². The summed E-state index contributed by atoms with van der Waals surface area (Å²) in [7, 11) is -3.94. The van der Waals surface area contributed by atoms with E-state index in [0.29, 0.717) is 11.4 Å². The number of rotatable bonds is 5. The minimum Gasteiger partial charge on any atom is -0.379 e. The van der Waals surface area contributed by atoms with E-state index >= 15 is 0 Å². The molecule has 1 N–H and O–H groups in total. The van der Waals surface area contributed by atoms with Gasteiger partial charge < -0.3 is 9.50 Å². The molecule has 128 valence electrons. The Bertz CT molecular complexity index is 840. The largest absolute Gasteiger partial charge is 0.379 e. The predicted molar refractivity (Wildman–Crippen MR) is 93.8 cm³/mol. The van der Waals surface area contributed by atoms with Gasteiger partial charge in [-0.05, 0) is 54.3 Å². The molecule has 0 aliphatic rings. The van der Waals surface area contributed by atoms with E-state index in [1.165, 1.54) is 31.2 Å². The Balaban J connectivity index is 2.28. The molecule has 0 spiro atoms. The number of aryl methyl sites for hydroxylation is 1. The second kappa shape index (κ2) is 7.05. The Hall–Kier alpha value is -2.34. The molecule has 0 radical (unpaired) electrons. The fourth-order valence-corrected chi connectivity index (χ4v) is 3.12. The molecule has 0 aromatic heterocycles. The van der Waals surface area contributed by atoms with Crippen molar-refractivity contribution in [3.63, 3.8) is 0 Å². The first-order valence-corrected chi connectivity index (χ1v) is 9.02. The highest BCUT2D eigenvalue weighted by Crippen LogP contribution is 2.27. The van der Waals surface area contributed by atoms with Gasteiger partial charge in [0.05, 0.1) is 0 Å². The lowest BCUT2D eigenvalue weighted by molar-refractivity contribution is -0.114. The summed E-state index contributed by atoms with van der Waals surface area (Å²) >= 11 is 0. The fourth-order valence-electron chi connectivity index (χ4n) is 2.14. The molecule has 1 amide bonds. The van der Waals surface area contributed by atoms with Gasteiger partial charge in [-0.3, -0.25) is 4.79 Å². The monoisotopic (exact) mass is 347 g/mol. The molecular weight excluding hydrogens is 326 g/mol. The zero-order valence-corrected chi connectivity index (χ0v) is 15.0. The first-order valence-electron chi connectivity index (χ1n) is 7.62. The van der Waals surface area contributed by atoms with Gasteiger partial charge in [-0.25, -0.2) is 0 Å². The number of carbonyl (C=O) groups is 1. The maximum Gasteiger partial charge on any atom is 0.339 e. The van der Waals surface area contributed by atoms with Gasteiger partial charge in [-0.15, -0.1) is 0 Å². The Morgan fingerprint density at radius 1 is 1.08 bits per heavy atom. The predicted octanol–water partition coefficient (Wildman–Crippen LogP) is 3.84. The molecule has 0 fully saturated rings. The minimum absolute atomic E-state index is 0.0333. The van der Waals surface area contributed by atoms with Gasteiger partial charge in [0.2, 0.25) is 5.91 Å². The number of hydrogen-bond acceptors (Lipinski definition) is 4. The van der Waals surface area contributed by atoms with Gasteiger partial charge in [0, 0.05) is 12.6 Å². The number of nitrogens with one attached hydrogen (secondary N) is 1. The fraction of sp³-hybridized carbons (Fsp3) is 0.278. The molecule has 0 unspecified atom stereocenters. The van der Waals surface area contributed by atoms with Crippen LogP contribution < -0.4 is 9.50 Å². The lowest BCUT2D eigenvalue weighted by Gasteiger charge is -2.13. The number of anilines is 1. The summed E-state index contributed by atoms with van der Waals surface area (Å²) in [4.78, 5) is 11.0. The molecule has 2 aromatic rings. The van der Waals surface area contributed by atoms with Crippen LogP contribution in [-0.2, 0) is 14.9 Å². The second-order valence-corrected chi connectivity index (χ2v) is 7.47. The van der Waals surface area contributed by atoms with Crippen molar-refractivity contribution in [3.05, 3.63) is 53.6 Å². The normalized spacial score (nSPS) is 11.4. The number of carbonyl (C=O) groups excluding carboxylic acids is 1. The highest BCUT2D eigenvalue weighted by molar-refractivity contribution is 7.87. The van der Waals surface area contributed by atoms with Crippen LogP contribution in [0.25, 0.3) is 0 Å². The first kappa shape index (κ1) is 18.0. The number of hydrogen-bond donors (Lipinski definition) is 1. The zero-order valence-electron chi connectivity index (χ0n) is 14.2. The molecule has 0 atom stereocenters. The van der Waals surface area contributed by atoms with Crippen molar-refractivity contribution in [2.45, 2.75) is 38.5 Å². The lowest BCUT2D eigenvalue weighted by Crippen LogP contribution is -2.11. The molecule has 0 bridgehead atoms. The summed E-state index contributed by atoms with van der Waals surface area (Å²) in [5.74, 6) is 0.378. The van der Waals surface area contributed by atoms with Crippen LogP contribution in [0.5, 0.6) is 5.75 Å². The van der Waals surface area contributed by atoms with Crippen LogP contribution in [0.3, 0.4) is 0 Å². The summed E-state index contributed by atoms with van der Waals surface area (Å²) in [6.45, 7) is 7.25. The van der Waals surface area contributed by atoms with Crippen LogP contribution in [-0.4, -0.2) is 14.3 Å². The van der Waals surface area contributed by atoms with Crippen LogP contribution in [0.1, 0.15) is 37.8 Å². The van der Waals surface area contributed by atoms with Gasteiger partial charge in [0.25, 0.3) is 0 Å². The van der Waals surface area contributed by atoms with Gasteiger partial charge in [-0.1, -0.05) is 26.0 Å². The Kier molecular flexibility index (Phi) is 5.29. The van der Waals surface area contributed by atoms with E-state index < -0.39 is 10.1 Å². The van der Waals surface area contributed by atoms with Crippen molar-refractivity contribution in [3.8, 4) is 5.75 Å². The van der Waals surface area contributed by atoms with Crippen molar-refractivity contribution in [2.75, 3.05) is 5.32 Å². The van der Waals surface area contributed by atoms with Crippen molar-refractivity contribution in [2.24, 2.45) is 0 Å². The molecule has 5 nitrogen and oxygen atoms in total. The standard InChI is InChI=1S/C18H21NO4S/c1-12(2)15-6-5-13(3)18(11-15)23-24(21,22)17-9-7-16(8-10-17)19-14(4)20/h5-12H,1-4H3,(H,19,20). The molecule has 6 heteroatoms. The van der Waals surface area contributed by atoms with Crippen LogP contribution in [0.15, 0.2) is 47.4 Å². The van der Waals surface area contributed by atoms with Crippen molar-refractivity contribution < 1.29 is 17.4 Å². The molecule has 0 aliphatic carbocycles. The Labute approximate surface area is 142 Å². The summed E-state index contributed by atoms with van der Waals surface area (Å²) in [5, 5.41) is 2.59. The summed E-state index contributed by atoms with van der Waals surface area (Å²) in [6, 6.07) is 11.4. The van der Waals surface area contributed by atoms with Crippen LogP contribution in [0.2, 0.25) is 0 Å². The van der Waals surface area contributed by atoms with Gasteiger partial charge in [0.15, 0.2) is 0 Å². The lowest BCUT2D eigenvalue weighted by atomic mass is 10.0. The molecule has 24 heavy (non-hydrogen) atoms. The summed E-state index contributed by atoms with van der Waals surface area (Å²) < 4.78 is 30.2. The average Bonchev–Trinajstić information content (AvgIpc) is 2.49. The Morgan fingerprint density at radius 2 is 1.71 bits per heavy atom. The molecule has 2 rings (SSSR count). The first-order chi connectivity index (χ1) is 11.2.